The third kappa shape index (κ3) is 3.54. The van der Waals surface area contributed by atoms with Crippen LogP contribution in [0.15, 0.2) is 53.7 Å². The first-order valence-corrected chi connectivity index (χ1v) is 6.28. The van der Waals surface area contributed by atoms with E-state index in [1.165, 1.54) is 12.1 Å². The fourth-order valence-corrected chi connectivity index (χ4v) is 2.37. The first-order valence-electron chi connectivity index (χ1n) is 5.29. The smallest absolute Gasteiger partial charge is 0.124 e. The second-order valence-corrected chi connectivity index (χ2v) is 4.75. The molecule has 1 aromatic carbocycles. The summed E-state index contributed by atoms with van der Waals surface area (Å²) < 4.78 is 13.0. The lowest BCUT2D eigenvalue weighted by atomic mass is 10.2. The number of benzene rings is 1. The van der Waals surface area contributed by atoms with E-state index < -0.39 is 0 Å². The topological polar surface area (TPSA) is 38.9 Å². The maximum atomic E-state index is 13.0. The second-order valence-electron chi connectivity index (χ2n) is 3.66. The molecule has 2 nitrogen and oxygen atoms in total. The molecule has 0 aliphatic heterocycles. The summed E-state index contributed by atoms with van der Waals surface area (Å²) in [4.78, 5) is 4.92. The van der Waals surface area contributed by atoms with Crippen molar-refractivity contribution in [2.24, 2.45) is 5.73 Å². The molecule has 0 fully saturated rings. The summed E-state index contributed by atoms with van der Waals surface area (Å²) >= 11 is 1.54. The van der Waals surface area contributed by atoms with Crippen molar-refractivity contribution in [1.29, 1.82) is 0 Å². The normalized spacial score (nSPS) is 12.4. The van der Waals surface area contributed by atoms with Crippen LogP contribution in [-0.4, -0.2) is 10.7 Å². The molecular weight excluding hydrogens is 235 g/mol. The van der Waals surface area contributed by atoms with Gasteiger partial charge in [-0.1, -0.05) is 12.1 Å². The van der Waals surface area contributed by atoms with Gasteiger partial charge in [-0.15, -0.1) is 11.8 Å². The Morgan fingerprint density at radius 2 is 2.18 bits per heavy atom. The van der Waals surface area contributed by atoms with Crippen LogP contribution in [0.2, 0.25) is 0 Å². The molecule has 0 saturated heterocycles. The minimum atomic E-state index is -0.218. The van der Waals surface area contributed by atoms with Gasteiger partial charge in [0.05, 0.1) is 0 Å². The standard InChI is InChI=1S/C13H13FN2S/c14-11-4-1-5-12(7-11)17-9-13(15)10-3-2-6-16-8-10/h1-8,13H,9,15H2. The van der Waals surface area contributed by atoms with Crippen molar-refractivity contribution in [3.05, 3.63) is 60.2 Å². The zero-order valence-corrected chi connectivity index (χ0v) is 10.0. The quantitative estimate of drug-likeness (QED) is 0.845. The monoisotopic (exact) mass is 248 g/mol. The molecule has 2 aromatic rings. The number of thioether (sulfide) groups is 1. The van der Waals surface area contributed by atoms with Crippen molar-refractivity contribution in [3.63, 3.8) is 0 Å². The van der Waals surface area contributed by atoms with E-state index in [0.29, 0.717) is 5.75 Å². The molecular formula is C13H13FN2S. The number of pyridine rings is 1. The maximum Gasteiger partial charge on any atom is 0.124 e. The highest BCUT2D eigenvalue weighted by Crippen LogP contribution is 2.23. The van der Waals surface area contributed by atoms with Gasteiger partial charge in [-0.3, -0.25) is 4.98 Å². The Hall–Kier alpha value is -1.39. The largest absolute Gasteiger partial charge is 0.323 e. The number of halogens is 1. The van der Waals surface area contributed by atoms with E-state index in [1.54, 1.807) is 30.2 Å². The molecule has 1 atom stereocenters. The van der Waals surface area contributed by atoms with Crippen molar-refractivity contribution in [2.45, 2.75) is 10.9 Å². The molecule has 0 aliphatic rings. The van der Waals surface area contributed by atoms with E-state index in [0.717, 1.165) is 10.5 Å². The van der Waals surface area contributed by atoms with E-state index in [4.69, 9.17) is 5.73 Å². The lowest BCUT2D eigenvalue weighted by Crippen LogP contribution is -2.12. The number of rotatable bonds is 4. The van der Waals surface area contributed by atoms with Crippen LogP contribution in [0.3, 0.4) is 0 Å². The van der Waals surface area contributed by atoms with Gasteiger partial charge < -0.3 is 5.73 Å². The van der Waals surface area contributed by atoms with Gasteiger partial charge in [0.15, 0.2) is 0 Å². The number of hydrogen-bond donors (Lipinski definition) is 1. The number of nitrogens with two attached hydrogens (primary N) is 1. The zero-order chi connectivity index (χ0) is 12.1. The van der Waals surface area contributed by atoms with Crippen LogP contribution in [0, 0.1) is 5.82 Å². The molecule has 0 bridgehead atoms. The number of nitrogens with zero attached hydrogens (tertiary/aromatic N) is 1. The summed E-state index contributed by atoms with van der Waals surface area (Å²) in [5, 5.41) is 0. The highest BCUT2D eigenvalue weighted by Gasteiger charge is 2.06. The van der Waals surface area contributed by atoms with Gasteiger partial charge in [-0.05, 0) is 29.8 Å². The third-order valence-corrected chi connectivity index (χ3v) is 3.45. The van der Waals surface area contributed by atoms with Crippen molar-refractivity contribution >= 4 is 11.8 Å². The molecule has 0 aliphatic carbocycles. The predicted molar refractivity (Wildman–Crippen MR) is 68.3 cm³/mol. The number of hydrogen-bond acceptors (Lipinski definition) is 3. The van der Waals surface area contributed by atoms with Crippen molar-refractivity contribution in [2.75, 3.05) is 5.75 Å². The first-order chi connectivity index (χ1) is 8.25. The fourth-order valence-electron chi connectivity index (χ4n) is 1.43. The molecule has 1 aromatic heterocycles. The third-order valence-electron chi connectivity index (χ3n) is 2.34. The molecule has 1 heterocycles. The number of aromatic nitrogens is 1. The van der Waals surface area contributed by atoms with E-state index in [-0.39, 0.29) is 11.9 Å². The molecule has 4 heteroatoms. The van der Waals surface area contributed by atoms with Crippen LogP contribution in [0.1, 0.15) is 11.6 Å². The van der Waals surface area contributed by atoms with Crippen LogP contribution in [-0.2, 0) is 0 Å². The van der Waals surface area contributed by atoms with Crippen LogP contribution in [0.4, 0.5) is 4.39 Å². The van der Waals surface area contributed by atoms with Gasteiger partial charge in [0, 0.05) is 29.1 Å². The van der Waals surface area contributed by atoms with Crippen LogP contribution >= 0.6 is 11.8 Å². The van der Waals surface area contributed by atoms with E-state index in [9.17, 15) is 4.39 Å². The average molecular weight is 248 g/mol. The molecule has 88 valence electrons. The Kier molecular flexibility index (Phi) is 4.12. The molecule has 17 heavy (non-hydrogen) atoms. The van der Waals surface area contributed by atoms with Gasteiger partial charge in [0.25, 0.3) is 0 Å². The lowest BCUT2D eigenvalue weighted by molar-refractivity contribution is 0.624. The molecule has 0 spiro atoms. The molecule has 0 amide bonds. The predicted octanol–water partition coefficient (Wildman–Crippen LogP) is 3.01. The van der Waals surface area contributed by atoms with Gasteiger partial charge in [0.1, 0.15) is 5.82 Å². The van der Waals surface area contributed by atoms with E-state index in [2.05, 4.69) is 4.98 Å². The van der Waals surface area contributed by atoms with Crippen molar-refractivity contribution in [3.8, 4) is 0 Å². The summed E-state index contributed by atoms with van der Waals surface area (Å²) in [5.74, 6) is 0.486. The summed E-state index contributed by atoms with van der Waals surface area (Å²) in [6.45, 7) is 0. The fraction of sp³-hybridized carbons (Fsp3) is 0.154. The van der Waals surface area contributed by atoms with Gasteiger partial charge in [-0.2, -0.15) is 0 Å². The van der Waals surface area contributed by atoms with Gasteiger partial charge in [0.2, 0.25) is 0 Å². The average Bonchev–Trinajstić information content (AvgIpc) is 2.37. The van der Waals surface area contributed by atoms with E-state index >= 15 is 0 Å². The molecule has 2 N–H and O–H groups in total. The molecule has 1 unspecified atom stereocenters. The minimum Gasteiger partial charge on any atom is -0.323 e. The van der Waals surface area contributed by atoms with Gasteiger partial charge >= 0.3 is 0 Å². The Morgan fingerprint density at radius 1 is 1.29 bits per heavy atom. The summed E-state index contributed by atoms with van der Waals surface area (Å²) in [5.41, 5.74) is 7.02. The minimum absolute atomic E-state index is 0.0861. The molecule has 0 radical (unpaired) electrons. The molecule has 0 saturated carbocycles. The lowest BCUT2D eigenvalue weighted by Gasteiger charge is -2.10. The van der Waals surface area contributed by atoms with Crippen LogP contribution in [0.5, 0.6) is 0 Å². The van der Waals surface area contributed by atoms with Crippen molar-refractivity contribution < 1.29 is 4.39 Å². The highest BCUT2D eigenvalue weighted by atomic mass is 32.2. The van der Waals surface area contributed by atoms with E-state index in [1.807, 2.05) is 18.2 Å². The first kappa shape index (κ1) is 12.1. The van der Waals surface area contributed by atoms with Crippen LogP contribution in [0.25, 0.3) is 0 Å². The van der Waals surface area contributed by atoms with Crippen LogP contribution < -0.4 is 5.73 Å². The SMILES string of the molecule is NC(CSc1cccc(F)c1)c1cccnc1. The van der Waals surface area contributed by atoms with Crippen molar-refractivity contribution in [1.82, 2.24) is 4.98 Å². The summed E-state index contributed by atoms with van der Waals surface area (Å²) in [6, 6.07) is 10.3. The summed E-state index contributed by atoms with van der Waals surface area (Å²) in [7, 11) is 0. The Labute approximate surface area is 104 Å². The zero-order valence-electron chi connectivity index (χ0n) is 9.21. The highest BCUT2D eigenvalue weighted by molar-refractivity contribution is 7.99. The Morgan fingerprint density at radius 3 is 2.88 bits per heavy atom. The Bertz CT molecular complexity index is 476. The maximum absolute atomic E-state index is 13.0. The Balaban J connectivity index is 1.95. The summed E-state index contributed by atoms with van der Waals surface area (Å²) in [6.07, 6.45) is 3.48. The van der Waals surface area contributed by atoms with Gasteiger partial charge in [-0.25, -0.2) is 4.39 Å². The molecule has 2 rings (SSSR count). The second kappa shape index (κ2) is 5.80.